The second kappa shape index (κ2) is 6.09. The molecule has 20 heavy (non-hydrogen) atoms. The molecule has 0 fully saturated rings. The fourth-order valence-electron chi connectivity index (χ4n) is 2.78. The van der Waals surface area contributed by atoms with E-state index in [9.17, 15) is 0 Å². The monoisotopic (exact) mass is 270 g/mol. The van der Waals surface area contributed by atoms with E-state index in [-0.39, 0.29) is 0 Å². The molecule has 2 heterocycles. The van der Waals surface area contributed by atoms with Crippen molar-refractivity contribution in [2.45, 2.75) is 25.8 Å². The molecule has 4 nitrogen and oxygen atoms in total. The summed E-state index contributed by atoms with van der Waals surface area (Å²) in [4.78, 5) is 9.69. The van der Waals surface area contributed by atoms with Crippen LogP contribution in [-0.2, 0) is 19.4 Å². The minimum atomic E-state index is 0.954. The van der Waals surface area contributed by atoms with E-state index in [1.807, 2.05) is 12.4 Å². The molecule has 0 saturated heterocycles. The summed E-state index contributed by atoms with van der Waals surface area (Å²) >= 11 is 0. The van der Waals surface area contributed by atoms with Crippen molar-refractivity contribution in [2.75, 3.05) is 25.0 Å². The summed E-state index contributed by atoms with van der Waals surface area (Å²) < 4.78 is 0. The smallest absolute Gasteiger partial charge is 0.106 e. The number of aromatic amines is 1. The van der Waals surface area contributed by atoms with E-state index < -0.39 is 0 Å². The lowest BCUT2D eigenvalue weighted by molar-refractivity contribution is 0.641. The zero-order valence-electron chi connectivity index (χ0n) is 12.0. The average molecular weight is 270 g/mol. The maximum Gasteiger partial charge on any atom is 0.106 e. The van der Waals surface area contributed by atoms with Crippen molar-refractivity contribution >= 4 is 5.69 Å². The lowest BCUT2D eigenvalue weighted by atomic mass is 10.1. The molecule has 3 rings (SSSR count). The van der Waals surface area contributed by atoms with E-state index in [4.69, 9.17) is 0 Å². The van der Waals surface area contributed by atoms with Gasteiger partial charge in [0.05, 0.1) is 0 Å². The molecule has 0 aliphatic carbocycles. The third-order valence-electron chi connectivity index (χ3n) is 3.92. The van der Waals surface area contributed by atoms with Crippen LogP contribution in [0.2, 0.25) is 0 Å². The van der Waals surface area contributed by atoms with Crippen LogP contribution in [0.5, 0.6) is 0 Å². The first-order chi connectivity index (χ1) is 9.83. The number of rotatable bonds is 6. The van der Waals surface area contributed by atoms with Crippen molar-refractivity contribution in [3.63, 3.8) is 0 Å². The van der Waals surface area contributed by atoms with Crippen LogP contribution < -0.4 is 10.2 Å². The van der Waals surface area contributed by atoms with Gasteiger partial charge >= 0.3 is 0 Å². The van der Waals surface area contributed by atoms with Crippen LogP contribution in [0.1, 0.15) is 23.4 Å². The minimum absolute atomic E-state index is 0.954. The highest BCUT2D eigenvalue weighted by Crippen LogP contribution is 2.27. The molecule has 0 amide bonds. The molecule has 0 spiro atoms. The number of nitrogens with one attached hydrogen (secondary N) is 2. The second-order valence-corrected chi connectivity index (χ2v) is 5.45. The second-order valence-electron chi connectivity index (χ2n) is 5.45. The molecule has 0 bridgehead atoms. The molecule has 106 valence electrons. The van der Waals surface area contributed by atoms with Gasteiger partial charge in [-0.2, -0.15) is 0 Å². The zero-order chi connectivity index (χ0) is 13.8. The standard InChI is InChI=1S/C16H22N4/c1-20-10-6-14-11-13(4-5-15(14)20)12-17-7-2-3-16-18-8-9-19-16/h4-5,8-9,11,17H,2-3,6-7,10,12H2,1H3,(H,18,19). The van der Waals surface area contributed by atoms with Crippen LogP contribution in [0, 0.1) is 0 Å². The van der Waals surface area contributed by atoms with Crippen molar-refractivity contribution in [3.05, 3.63) is 47.5 Å². The fraction of sp³-hybridized carbons (Fsp3) is 0.438. The average Bonchev–Trinajstić information content (AvgIpc) is 3.09. The van der Waals surface area contributed by atoms with Crippen molar-refractivity contribution in [1.82, 2.24) is 15.3 Å². The number of aromatic nitrogens is 2. The molecular weight excluding hydrogens is 248 g/mol. The van der Waals surface area contributed by atoms with E-state index in [2.05, 4.69) is 45.4 Å². The Morgan fingerprint density at radius 3 is 3.20 bits per heavy atom. The topological polar surface area (TPSA) is 44.0 Å². The fourth-order valence-corrected chi connectivity index (χ4v) is 2.78. The Balaban J connectivity index is 1.43. The molecule has 1 aliphatic heterocycles. The minimum Gasteiger partial charge on any atom is -0.374 e. The molecule has 0 saturated carbocycles. The number of hydrogen-bond donors (Lipinski definition) is 2. The summed E-state index contributed by atoms with van der Waals surface area (Å²) in [5.41, 5.74) is 4.27. The van der Waals surface area contributed by atoms with Crippen molar-refractivity contribution in [3.8, 4) is 0 Å². The Bertz CT molecular complexity index is 548. The molecule has 2 aromatic rings. The van der Waals surface area contributed by atoms with Gasteiger partial charge in [-0.1, -0.05) is 12.1 Å². The van der Waals surface area contributed by atoms with Gasteiger partial charge in [0, 0.05) is 44.6 Å². The molecular formula is C16H22N4. The van der Waals surface area contributed by atoms with E-state index in [0.717, 1.165) is 38.3 Å². The highest BCUT2D eigenvalue weighted by Gasteiger charge is 2.15. The van der Waals surface area contributed by atoms with Gasteiger partial charge in [-0.05, 0) is 36.6 Å². The maximum absolute atomic E-state index is 4.23. The van der Waals surface area contributed by atoms with Crippen LogP contribution in [0.25, 0.3) is 0 Å². The first-order valence-electron chi connectivity index (χ1n) is 7.35. The number of benzene rings is 1. The van der Waals surface area contributed by atoms with Gasteiger partial charge in [-0.25, -0.2) is 4.98 Å². The molecule has 1 aromatic heterocycles. The molecule has 1 aliphatic rings. The Morgan fingerprint density at radius 1 is 1.40 bits per heavy atom. The van der Waals surface area contributed by atoms with Crippen molar-refractivity contribution in [1.29, 1.82) is 0 Å². The first kappa shape index (κ1) is 13.2. The molecule has 4 heteroatoms. The summed E-state index contributed by atoms with van der Waals surface area (Å²) in [5, 5.41) is 3.51. The largest absolute Gasteiger partial charge is 0.374 e. The highest BCUT2D eigenvalue weighted by atomic mass is 15.1. The van der Waals surface area contributed by atoms with E-state index in [0.29, 0.717) is 0 Å². The van der Waals surface area contributed by atoms with Crippen LogP contribution in [0.3, 0.4) is 0 Å². The van der Waals surface area contributed by atoms with Crippen molar-refractivity contribution in [2.24, 2.45) is 0 Å². The Labute approximate surface area is 120 Å². The summed E-state index contributed by atoms with van der Waals surface area (Å²) in [7, 11) is 2.17. The first-order valence-corrected chi connectivity index (χ1v) is 7.35. The lowest BCUT2D eigenvalue weighted by Gasteiger charge is -2.12. The van der Waals surface area contributed by atoms with Crippen LogP contribution in [0.4, 0.5) is 5.69 Å². The SMILES string of the molecule is CN1CCc2cc(CNCCCc3ncc[nH]3)ccc21. The van der Waals surface area contributed by atoms with Gasteiger partial charge in [0.2, 0.25) is 0 Å². The predicted molar refractivity (Wildman–Crippen MR) is 82.0 cm³/mol. The van der Waals surface area contributed by atoms with Crippen LogP contribution >= 0.6 is 0 Å². The summed E-state index contributed by atoms with van der Waals surface area (Å²) in [5.74, 6) is 1.08. The summed E-state index contributed by atoms with van der Waals surface area (Å²) in [6.07, 6.45) is 6.99. The Kier molecular flexibility index (Phi) is 4.02. The van der Waals surface area contributed by atoms with Gasteiger partial charge in [0.1, 0.15) is 5.82 Å². The van der Waals surface area contributed by atoms with Crippen LogP contribution in [0.15, 0.2) is 30.6 Å². The predicted octanol–water partition coefficient (Wildman–Crippen LogP) is 2.12. The van der Waals surface area contributed by atoms with E-state index in [1.54, 1.807) is 0 Å². The molecule has 0 unspecified atom stereocenters. The number of anilines is 1. The Morgan fingerprint density at radius 2 is 2.35 bits per heavy atom. The number of hydrogen-bond acceptors (Lipinski definition) is 3. The molecule has 0 radical (unpaired) electrons. The normalized spacial score (nSPS) is 13.8. The number of fused-ring (bicyclic) bond motifs is 1. The van der Waals surface area contributed by atoms with Gasteiger partial charge in [-0.3, -0.25) is 0 Å². The highest BCUT2D eigenvalue weighted by molar-refractivity contribution is 5.58. The van der Waals surface area contributed by atoms with Gasteiger partial charge in [-0.15, -0.1) is 0 Å². The number of nitrogens with zero attached hydrogens (tertiary/aromatic N) is 2. The van der Waals surface area contributed by atoms with Crippen LogP contribution in [-0.4, -0.2) is 30.1 Å². The molecule has 0 atom stereocenters. The lowest BCUT2D eigenvalue weighted by Crippen LogP contribution is -2.15. The Hall–Kier alpha value is -1.81. The summed E-state index contributed by atoms with van der Waals surface area (Å²) in [6, 6.07) is 6.83. The third kappa shape index (κ3) is 3.02. The maximum atomic E-state index is 4.23. The third-order valence-corrected chi connectivity index (χ3v) is 3.92. The quantitative estimate of drug-likeness (QED) is 0.790. The number of likely N-dealkylation sites (N-methyl/N-ethyl adjacent to an activating group) is 1. The summed E-state index contributed by atoms with van der Waals surface area (Å²) in [6.45, 7) is 3.13. The van der Waals surface area contributed by atoms with Gasteiger partial charge < -0.3 is 15.2 Å². The van der Waals surface area contributed by atoms with Crippen molar-refractivity contribution < 1.29 is 0 Å². The number of aryl methyl sites for hydroxylation is 1. The molecule has 2 N–H and O–H groups in total. The zero-order valence-corrected chi connectivity index (χ0v) is 12.0. The number of H-pyrrole nitrogens is 1. The molecule has 1 aromatic carbocycles. The van der Waals surface area contributed by atoms with E-state index in [1.165, 1.54) is 23.2 Å². The van der Waals surface area contributed by atoms with Gasteiger partial charge in [0.25, 0.3) is 0 Å². The van der Waals surface area contributed by atoms with Gasteiger partial charge in [0.15, 0.2) is 0 Å². The van der Waals surface area contributed by atoms with E-state index >= 15 is 0 Å². The number of imidazole rings is 1.